The quantitative estimate of drug-likeness (QED) is 0.786. The second-order valence-corrected chi connectivity index (χ2v) is 4.82. The molecule has 0 radical (unpaired) electrons. The van der Waals surface area contributed by atoms with E-state index in [0.717, 1.165) is 17.6 Å². The number of carboxylic acid groups (broad SMARTS) is 1. The summed E-state index contributed by atoms with van der Waals surface area (Å²) in [4.78, 5) is 11.5. The first-order valence-corrected chi connectivity index (χ1v) is 6.01. The van der Waals surface area contributed by atoms with Crippen molar-refractivity contribution in [3.8, 4) is 0 Å². The third kappa shape index (κ3) is 4.74. The van der Waals surface area contributed by atoms with E-state index in [2.05, 4.69) is 27.3 Å². The zero-order valence-corrected chi connectivity index (χ0v) is 10.0. The van der Waals surface area contributed by atoms with E-state index < -0.39 is 5.97 Å². The van der Waals surface area contributed by atoms with E-state index in [1.165, 1.54) is 4.88 Å². The summed E-state index contributed by atoms with van der Waals surface area (Å²) in [5.74, 6) is -0.731. The maximum absolute atomic E-state index is 10.2. The molecule has 0 aromatic carbocycles. The van der Waals surface area contributed by atoms with Crippen LogP contribution in [0.2, 0.25) is 0 Å². The molecule has 0 fully saturated rings. The van der Waals surface area contributed by atoms with Crippen molar-refractivity contribution in [3.05, 3.63) is 20.8 Å². The number of halogens is 1. The van der Waals surface area contributed by atoms with Gasteiger partial charge in [-0.15, -0.1) is 11.3 Å². The lowest BCUT2D eigenvalue weighted by Crippen LogP contribution is -2.14. The van der Waals surface area contributed by atoms with Crippen molar-refractivity contribution in [2.45, 2.75) is 19.4 Å². The molecule has 2 N–H and O–H groups in total. The third-order valence-electron chi connectivity index (χ3n) is 1.67. The van der Waals surface area contributed by atoms with E-state index in [1.54, 1.807) is 11.3 Å². The van der Waals surface area contributed by atoms with Gasteiger partial charge in [0.2, 0.25) is 0 Å². The molecule has 0 amide bonds. The van der Waals surface area contributed by atoms with Gasteiger partial charge in [0.25, 0.3) is 0 Å². The monoisotopic (exact) mass is 277 g/mol. The molecule has 0 spiro atoms. The fourth-order valence-corrected chi connectivity index (χ4v) is 2.44. The lowest BCUT2D eigenvalue weighted by atomic mass is 10.3. The Labute approximate surface area is 95.3 Å². The lowest BCUT2D eigenvalue weighted by molar-refractivity contribution is -0.137. The number of hydrogen-bond donors (Lipinski definition) is 2. The first-order valence-electron chi connectivity index (χ1n) is 4.34. The molecule has 1 heterocycles. The van der Waals surface area contributed by atoms with E-state index in [9.17, 15) is 4.79 Å². The van der Waals surface area contributed by atoms with Gasteiger partial charge in [0.1, 0.15) is 0 Å². The summed E-state index contributed by atoms with van der Waals surface area (Å²) in [6.07, 6.45) is 0.920. The second kappa shape index (κ2) is 6.16. The molecule has 14 heavy (non-hydrogen) atoms. The van der Waals surface area contributed by atoms with Gasteiger partial charge in [0.05, 0.1) is 0 Å². The molecule has 0 saturated carbocycles. The molecule has 0 aliphatic carbocycles. The number of aliphatic carboxylic acids is 1. The Morgan fingerprint density at radius 3 is 3.00 bits per heavy atom. The fourth-order valence-electron chi connectivity index (χ4n) is 1.02. The number of nitrogens with one attached hydrogen (secondary N) is 1. The molecular weight excluding hydrogens is 266 g/mol. The molecule has 0 atom stereocenters. The van der Waals surface area contributed by atoms with Crippen LogP contribution in [0.4, 0.5) is 0 Å². The van der Waals surface area contributed by atoms with Crippen molar-refractivity contribution in [1.82, 2.24) is 5.32 Å². The number of hydrogen-bond acceptors (Lipinski definition) is 3. The standard InChI is InChI=1S/C9H12BrNO2S/c10-7-4-8(14-6-7)5-11-3-1-2-9(12)13/h4,6,11H,1-3,5H2,(H,12,13). The highest BCUT2D eigenvalue weighted by atomic mass is 79.9. The predicted octanol–water partition coefficient (Wildman–Crippen LogP) is 2.47. The molecule has 0 saturated heterocycles. The van der Waals surface area contributed by atoms with Gasteiger partial charge >= 0.3 is 5.97 Å². The Balaban J connectivity index is 2.07. The van der Waals surface area contributed by atoms with Crippen molar-refractivity contribution >= 4 is 33.2 Å². The van der Waals surface area contributed by atoms with E-state index in [1.807, 2.05) is 5.38 Å². The minimum atomic E-state index is -0.731. The highest BCUT2D eigenvalue weighted by Crippen LogP contribution is 2.19. The van der Waals surface area contributed by atoms with E-state index in [0.29, 0.717) is 6.42 Å². The van der Waals surface area contributed by atoms with Gasteiger partial charge in [-0.1, -0.05) is 0 Å². The highest BCUT2D eigenvalue weighted by Gasteiger charge is 1.98. The third-order valence-corrected chi connectivity index (χ3v) is 3.36. The van der Waals surface area contributed by atoms with Crippen LogP contribution in [0, 0.1) is 0 Å². The smallest absolute Gasteiger partial charge is 0.303 e. The van der Waals surface area contributed by atoms with Crippen LogP contribution in [0.1, 0.15) is 17.7 Å². The molecule has 1 aromatic heterocycles. The van der Waals surface area contributed by atoms with Crippen LogP contribution in [0.5, 0.6) is 0 Å². The van der Waals surface area contributed by atoms with Crippen LogP contribution in [0.25, 0.3) is 0 Å². The Morgan fingerprint density at radius 1 is 1.64 bits per heavy atom. The first kappa shape index (κ1) is 11.7. The van der Waals surface area contributed by atoms with Crippen molar-refractivity contribution in [3.63, 3.8) is 0 Å². The summed E-state index contributed by atoms with van der Waals surface area (Å²) >= 11 is 5.07. The molecular formula is C9H12BrNO2S. The Morgan fingerprint density at radius 2 is 2.43 bits per heavy atom. The van der Waals surface area contributed by atoms with Crippen molar-refractivity contribution < 1.29 is 9.90 Å². The van der Waals surface area contributed by atoms with Crippen LogP contribution in [-0.2, 0) is 11.3 Å². The van der Waals surface area contributed by atoms with Gasteiger partial charge in [0.15, 0.2) is 0 Å². The Kier molecular flexibility index (Phi) is 5.14. The Hall–Kier alpha value is -0.390. The highest BCUT2D eigenvalue weighted by molar-refractivity contribution is 9.10. The van der Waals surface area contributed by atoms with Gasteiger partial charge < -0.3 is 10.4 Å². The zero-order valence-electron chi connectivity index (χ0n) is 7.62. The SMILES string of the molecule is O=C(O)CCCNCc1cc(Br)cs1. The number of carboxylic acids is 1. The molecule has 5 heteroatoms. The van der Waals surface area contributed by atoms with E-state index in [-0.39, 0.29) is 6.42 Å². The summed E-state index contributed by atoms with van der Waals surface area (Å²) in [6, 6.07) is 2.06. The summed E-state index contributed by atoms with van der Waals surface area (Å²) in [6.45, 7) is 1.57. The van der Waals surface area contributed by atoms with Gasteiger partial charge in [-0.05, 0) is 35.0 Å². The van der Waals surface area contributed by atoms with Crippen molar-refractivity contribution in [2.24, 2.45) is 0 Å². The van der Waals surface area contributed by atoms with Gasteiger partial charge in [-0.2, -0.15) is 0 Å². The van der Waals surface area contributed by atoms with Crippen LogP contribution >= 0.6 is 27.3 Å². The second-order valence-electron chi connectivity index (χ2n) is 2.91. The summed E-state index contributed by atoms with van der Waals surface area (Å²) in [7, 11) is 0. The topological polar surface area (TPSA) is 49.3 Å². The molecule has 1 aromatic rings. The summed E-state index contributed by atoms with van der Waals surface area (Å²) in [5.41, 5.74) is 0. The van der Waals surface area contributed by atoms with E-state index >= 15 is 0 Å². The first-order chi connectivity index (χ1) is 6.68. The van der Waals surface area contributed by atoms with E-state index in [4.69, 9.17) is 5.11 Å². The molecule has 3 nitrogen and oxygen atoms in total. The maximum atomic E-state index is 10.2. The maximum Gasteiger partial charge on any atom is 0.303 e. The normalized spacial score (nSPS) is 10.4. The van der Waals surface area contributed by atoms with Crippen LogP contribution in [-0.4, -0.2) is 17.6 Å². The molecule has 0 aliphatic rings. The molecule has 78 valence electrons. The van der Waals surface area contributed by atoms with Crippen LogP contribution < -0.4 is 5.32 Å². The lowest BCUT2D eigenvalue weighted by Gasteiger charge is -2.00. The summed E-state index contributed by atoms with van der Waals surface area (Å²) in [5, 5.41) is 13.6. The fraction of sp³-hybridized carbons (Fsp3) is 0.444. The van der Waals surface area contributed by atoms with Gasteiger partial charge in [-0.3, -0.25) is 4.79 Å². The van der Waals surface area contributed by atoms with Crippen molar-refractivity contribution in [2.75, 3.05) is 6.54 Å². The molecule has 1 rings (SSSR count). The summed E-state index contributed by atoms with van der Waals surface area (Å²) < 4.78 is 1.10. The van der Waals surface area contributed by atoms with Gasteiger partial charge in [-0.25, -0.2) is 0 Å². The average Bonchev–Trinajstić information content (AvgIpc) is 2.50. The minimum absolute atomic E-state index is 0.237. The zero-order chi connectivity index (χ0) is 10.4. The van der Waals surface area contributed by atoms with Crippen molar-refractivity contribution in [1.29, 1.82) is 0 Å². The number of carbonyl (C=O) groups is 1. The minimum Gasteiger partial charge on any atom is -0.481 e. The van der Waals surface area contributed by atoms with Gasteiger partial charge in [0, 0.05) is 27.7 Å². The average molecular weight is 278 g/mol. The number of thiophene rings is 1. The van der Waals surface area contributed by atoms with Crippen LogP contribution in [0.3, 0.4) is 0 Å². The van der Waals surface area contributed by atoms with Crippen LogP contribution in [0.15, 0.2) is 15.9 Å². The Bertz CT molecular complexity index is 301. The molecule has 0 aliphatic heterocycles. The molecule has 0 bridgehead atoms. The molecule has 0 unspecified atom stereocenters. The largest absolute Gasteiger partial charge is 0.481 e. The predicted molar refractivity (Wildman–Crippen MR) is 60.6 cm³/mol. The number of rotatable bonds is 6.